The fourth-order valence-electron chi connectivity index (χ4n) is 1.44. The number of aldehydes is 1. The smallest absolute Gasteiger partial charge is 0.168 e. The molecule has 1 aromatic heterocycles. The van der Waals surface area contributed by atoms with E-state index in [2.05, 4.69) is 11.9 Å². The first-order valence-corrected chi connectivity index (χ1v) is 5.91. The fraction of sp³-hybridized carbons (Fsp3) is 0.538. The Hall–Kier alpha value is -1.38. The summed E-state index contributed by atoms with van der Waals surface area (Å²) < 4.78 is 5.51. The minimum Gasteiger partial charge on any atom is -0.492 e. The molecule has 0 spiro atoms. The van der Waals surface area contributed by atoms with Crippen molar-refractivity contribution in [3.05, 3.63) is 24.0 Å². The number of hydrogen-bond acceptors (Lipinski definition) is 3. The first-order chi connectivity index (χ1) is 7.86. The number of nitrogens with zero attached hydrogens (tertiary/aromatic N) is 1. The molecule has 0 bridgehead atoms. The lowest BCUT2D eigenvalue weighted by atomic mass is 10.2. The lowest BCUT2D eigenvalue weighted by Crippen LogP contribution is -1.98. The molecule has 0 saturated carbocycles. The molecule has 0 aliphatic heterocycles. The maximum absolute atomic E-state index is 10.4. The third kappa shape index (κ3) is 4.91. The number of aromatic nitrogens is 1. The summed E-state index contributed by atoms with van der Waals surface area (Å²) in [6, 6.07) is 3.45. The second kappa shape index (κ2) is 7.85. The minimum absolute atomic E-state index is 0.440. The largest absolute Gasteiger partial charge is 0.492 e. The Bertz CT molecular complexity index is 295. The van der Waals surface area contributed by atoms with Gasteiger partial charge in [-0.3, -0.25) is 4.79 Å². The van der Waals surface area contributed by atoms with Crippen molar-refractivity contribution in [2.24, 2.45) is 0 Å². The normalized spacial score (nSPS) is 10.1. The van der Waals surface area contributed by atoms with E-state index in [1.807, 2.05) is 0 Å². The standard InChI is InChI=1S/C13H19NO2/c1-2-3-4-5-6-9-16-13-8-7-12(11-15)14-10-13/h7-8,10-11H,2-6,9H2,1H3. The molecule has 0 amide bonds. The number of pyridine rings is 1. The lowest BCUT2D eigenvalue weighted by Gasteiger charge is -2.05. The van der Waals surface area contributed by atoms with E-state index in [0.29, 0.717) is 5.69 Å². The van der Waals surface area contributed by atoms with Crippen LogP contribution in [-0.4, -0.2) is 17.9 Å². The van der Waals surface area contributed by atoms with Crippen LogP contribution >= 0.6 is 0 Å². The number of carbonyl (C=O) groups excluding carboxylic acids is 1. The van der Waals surface area contributed by atoms with Crippen molar-refractivity contribution in [1.29, 1.82) is 0 Å². The molecule has 0 atom stereocenters. The lowest BCUT2D eigenvalue weighted by molar-refractivity contribution is 0.111. The van der Waals surface area contributed by atoms with E-state index in [0.717, 1.165) is 25.1 Å². The molecule has 0 saturated heterocycles. The van der Waals surface area contributed by atoms with E-state index < -0.39 is 0 Å². The predicted octanol–water partition coefficient (Wildman–Crippen LogP) is 3.24. The molecule has 0 aromatic carbocycles. The van der Waals surface area contributed by atoms with Crippen LogP contribution in [0.5, 0.6) is 5.75 Å². The topological polar surface area (TPSA) is 39.2 Å². The van der Waals surface area contributed by atoms with Gasteiger partial charge < -0.3 is 4.74 Å². The Labute approximate surface area is 96.8 Å². The average molecular weight is 221 g/mol. The highest BCUT2D eigenvalue weighted by Gasteiger charge is 1.95. The summed E-state index contributed by atoms with van der Waals surface area (Å²) in [6.45, 7) is 2.93. The first-order valence-electron chi connectivity index (χ1n) is 5.91. The minimum atomic E-state index is 0.440. The molecule has 1 aromatic rings. The highest BCUT2D eigenvalue weighted by Crippen LogP contribution is 2.09. The maximum atomic E-state index is 10.4. The van der Waals surface area contributed by atoms with Gasteiger partial charge in [-0.2, -0.15) is 0 Å². The van der Waals surface area contributed by atoms with Crippen LogP contribution in [0.3, 0.4) is 0 Å². The Morgan fingerprint density at radius 3 is 2.69 bits per heavy atom. The van der Waals surface area contributed by atoms with Gasteiger partial charge in [-0.05, 0) is 18.6 Å². The summed E-state index contributed by atoms with van der Waals surface area (Å²) in [5.74, 6) is 0.737. The van der Waals surface area contributed by atoms with Crippen LogP contribution < -0.4 is 4.74 Å². The molecule has 1 heterocycles. The van der Waals surface area contributed by atoms with E-state index in [9.17, 15) is 4.79 Å². The van der Waals surface area contributed by atoms with Crippen LogP contribution in [0.2, 0.25) is 0 Å². The highest BCUT2D eigenvalue weighted by atomic mass is 16.5. The van der Waals surface area contributed by atoms with Crippen molar-refractivity contribution in [2.45, 2.75) is 39.0 Å². The summed E-state index contributed by atoms with van der Waals surface area (Å²) in [6.07, 6.45) is 8.46. The molecular weight excluding hydrogens is 202 g/mol. The zero-order valence-corrected chi connectivity index (χ0v) is 9.82. The van der Waals surface area contributed by atoms with Gasteiger partial charge in [0.2, 0.25) is 0 Å². The Balaban J connectivity index is 2.14. The summed E-state index contributed by atoms with van der Waals surface area (Å²) in [5.41, 5.74) is 0.440. The highest BCUT2D eigenvalue weighted by molar-refractivity contribution is 5.71. The zero-order chi connectivity index (χ0) is 11.6. The molecule has 3 heteroatoms. The van der Waals surface area contributed by atoms with Crippen molar-refractivity contribution in [2.75, 3.05) is 6.61 Å². The molecule has 1 rings (SSSR count). The number of carbonyl (C=O) groups is 1. The summed E-state index contributed by atoms with van der Waals surface area (Å²) in [5, 5.41) is 0. The van der Waals surface area contributed by atoms with Crippen molar-refractivity contribution >= 4 is 6.29 Å². The number of rotatable bonds is 8. The monoisotopic (exact) mass is 221 g/mol. The van der Waals surface area contributed by atoms with Crippen molar-refractivity contribution in [1.82, 2.24) is 4.98 Å². The maximum Gasteiger partial charge on any atom is 0.168 e. The van der Waals surface area contributed by atoms with Crippen LogP contribution in [0.1, 0.15) is 49.5 Å². The zero-order valence-electron chi connectivity index (χ0n) is 9.82. The Kier molecular flexibility index (Phi) is 6.23. The molecule has 0 N–H and O–H groups in total. The second-order valence-corrected chi connectivity index (χ2v) is 3.80. The van der Waals surface area contributed by atoms with Crippen LogP contribution in [0.15, 0.2) is 18.3 Å². The predicted molar refractivity (Wildman–Crippen MR) is 63.9 cm³/mol. The number of unbranched alkanes of at least 4 members (excludes halogenated alkanes) is 4. The van der Waals surface area contributed by atoms with E-state index in [-0.39, 0.29) is 0 Å². The molecule has 3 nitrogen and oxygen atoms in total. The van der Waals surface area contributed by atoms with Crippen LogP contribution in [-0.2, 0) is 0 Å². The molecule has 88 valence electrons. The number of ether oxygens (including phenoxy) is 1. The molecule has 0 aliphatic rings. The van der Waals surface area contributed by atoms with Gasteiger partial charge in [0, 0.05) is 0 Å². The molecule has 0 aliphatic carbocycles. The molecule has 16 heavy (non-hydrogen) atoms. The third-order valence-corrected chi connectivity index (χ3v) is 2.40. The van der Waals surface area contributed by atoms with Gasteiger partial charge in [-0.1, -0.05) is 32.6 Å². The van der Waals surface area contributed by atoms with Gasteiger partial charge in [-0.15, -0.1) is 0 Å². The van der Waals surface area contributed by atoms with E-state index in [4.69, 9.17) is 4.74 Å². The SMILES string of the molecule is CCCCCCCOc1ccc(C=O)nc1. The van der Waals surface area contributed by atoms with E-state index >= 15 is 0 Å². The van der Waals surface area contributed by atoms with Crippen LogP contribution in [0.25, 0.3) is 0 Å². The van der Waals surface area contributed by atoms with Crippen molar-refractivity contribution < 1.29 is 9.53 Å². The van der Waals surface area contributed by atoms with E-state index in [1.54, 1.807) is 18.3 Å². The van der Waals surface area contributed by atoms with E-state index in [1.165, 1.54) is 25.7 Å². The van der Waals surface area contributed by atoms with Crippen molar-refractivity contribution in [3.8, 4) is 5.75 Å². The summed E-state index contributed by atoms with van der Waals surface area (Å²) >= 11 is 0. The molecule has 0 fully saturated rings. The van der Waals surface area contributed by atoms with Crippen LogP contribution in [0.4, 0.5) is 0 Å². The van der Waals surface area contributed by atoms with Crippen molar-refractivity contribution in [3.63, 3.8) is 0 Å². The van der Waals surface area contributed by atoms with Gasteiger partial charge in [0.25, 0.3) is 0 Å². The fourth-order valence-corrected chi connectivity index (χ4v) is 1.44. The van der Waals surface area contributed by atoms with Gasteiger partial charge in [-0.25, -0.2) is 4.98 Å². The Morgan fingerprint density at radius 2 is 2.06 bits per heavy atom. The second-order valence-electron chi connectivity index (χ2n) is 3.80. The molecule has 0 unspecified atom stereocenters. The average Bonchev–Trinajstić information content (AvgIpc) is 2.34. The number of hydrogen-bond donors (Lipinski definition) is 0. The summed E-state index contributed by atoms with van der Waals surface area (Å²) in [4.78, 5) is 14.3. The van der Waals surface area contributed by atoms with Gasteiger partial charge >= 0.3 is 0 Å². The third-order valence-electron chi connectivity index (χ3n) is 2.40. The summed E-state index contributed by atoms with van der Waals surface area (Å²) in [7, 11) is 0. The van der Waals surface area contributed by atoms with Gasteiger partial charge in [0.05, 0.1) is 12.8 Å². The quantitative estimate of drug-likeness (QED) is 0.499. The molecule has 0 radical (unpaired) electrons. The van der Waals surface area contributed by atoms with Gasteiger partial charge in [0.15, 0.2) is 6.29 Å². The Morgan fingerprint density at radius 1 is 1.25 bits per heavy atom. The van der Waals surface area contributed by atoms with Gasteiger partial charge in [0.1, 0.15) is 11.4 Å². The first kappa shape index (κ1) is 12.7. The molecular formula is C13H19NO2. The van der Waals surface area contributed by atoms with Crippen LogP contribution in [0, 0.1) is 0 Å².